The third-order valence-electron chi connectivity index (χ3n) is 2.86. The van der Waals surface area contributed by atoms with Crippen molar-refractivity contribution in [2.45, 2.75) is 26.3 Å². The molecule has 2 rings (SSSR count). The molecule has 4 nitrogen and oxygen atoms in total. The van der Waals surface area contributed by atoms with Gasteiger partial charge in [-0.1, -0.05) is 12.1 Å². The minimum Gasteiger partial charge on any atom is -0.399 e. The Balaban J connectivity index is 1.92. The van der Waals surface area contributed by atoms with Crippen LogP contribution in [0.25, 0.3) is 0 Å². The van der Waals surface area contributed by atoms with E-state index in [0.717, 1.165) is 24.2 Å². The van der Waals surface area contributed by atoms with Crippen molar-refractivity contribution in [3.63, 3.8) is 0 Å². The van der Waals surface area contributed by atoms with Crippen molar-refractivity contribution >= 4 is 5.69 Å². The first-order valence-electron chi connectivity index (χ1n) is 6.02. The lowest BCUT2D eigenvalue weighted by atomic mass is 10.1. The van der Waals surface area contributed by atoms with Crippen molar-refractivity contribution < 1.29 is 0 Å². The summed E-state index contributed by atoms with van der Waals surface area (Å²) in [5.74, 6) is 0. The molecule has 0 bridgehead atoms. The standard InChI is InChI=1S/C14H17N3O/c1-11-9-14(18)17(10-16-11)8-2-3-12-4-6-13(15)7-5-12/h4-7,9-10H,2-3,8,15H2,1H3. The Bertz CT molecular complexity index is 572. The second-order valence-corrected chi connectivity index (χ2v) is 4.41. The molecule has 4 heteroatoms. The van der Waals surface area contributed by atoms with Crippen LogP contribution in [0.5, 0.6) is 0 Å². The molecule has 0 aliphatic carbocycles. The molecule has 94 valence electrons. The smallest absolute Gasteiger partial charge is 0.253 e. The van der Waals surface area contributed by atoms with Gasteiger partial charge in [-0.25, -0.2) is 4.98 Å². The third kappa shape index (κ3) is 3.20. The first-order valence-corrected chi connectivity index (χ1v) is 6.02. The summed E-state index contributed by atoms with van der Waals surface area (Å²) in [5.41, 5.74) is 8.41. The minimum absolute atomic E-state index is 0.0137. The fraction of sp³-hybridized carbons (Fsp3) is 0.286. The van der Waals surface area contributed by atoms with Gasteiger partial charge in [0, 0.05) is 24.0 Å². The van der Waals surface area contributed by atoms with E-state index in [0.29, 0.717) is 6.54 Å². The molecule has 0 saturated heterocycles. The van der Waals surface area contributed by atoms with Crippen molar-refractivity contribution in [2.75, 3.05) is 5.73 Å². The van der Waals surface area contributed by atoms with Crippen LogP contribution >= 0.6 is 0 Å². The maximum absolute atomic E-state index is 11.6. The highest BCUT2D eigenvalue weighted by molar-refractivity contribution is 5.39. The lowest BCUT2D eigenvalue weighted by Gasteiger charge is -2.05. The van der Waals surface area contributed by atoms with Crippen LogP contribution in [0.1, 0.15) is 17.7 Å². The van der Waals surface area contributed by atoms with Crippen LogP contribution < -0.4 is 11.3 Å². The number of rotatable bonds is 4. The van der Waals surface area contributed by atoms with Gasteiger partial charge in [0.1, 0.15) is 0 Å². The predicted octanol–water partition coefficient (Wildman–Crippen LogP) is 1.77. The van der Waals surface area contributed by atoms with Gasteiger partial charge in [-0.15, -0.1) is 0 Å². The number of aryl methyl sites for hydroxylation is 3. The summed E-state index contributed by atoms with van der Waals surface area (Å²) < 4.78 is 1.64. The number of hydrogen-bond acceptors (Lipinski definition) is 3. The van der Waals surface area contributed by atoms with Crippen molar-refractivity contribution in [3.05, 3.63) is 58.3 Å². The fourth-order valence-electron chi connectivity index (χ4n) is 1.82. The van der Waals surface area contributed by atoms with Gasteiger partial charge in [-0.05, 0) is 37.5 Å². The normalized spacial score (nSPS) is 10.5. The molecule has 0 saturated carbocycles. The Kier molecular flexibility index (Phi) is 3.77. The summed E-state index contributed by atoms with van der Waals surface area (Å²) in [6, 6.07) is 9.39. The maximum atomic E-state index is 11.6. The van der Waals surface area contributed by atoms with Gasteiger partial charge in [0.15, 0.2) is 0 Å². The lowest BCUT2D eigenvalue weighted by Crippen LogP contribution is -2.20. The van der Waals surface area contributed by atoms with E-state index in [1.807, 2.05) is 31.2 Å². The first kappa shape index (κ1) is 12.4. The van der Waals surface area contributed by atoms with Crippen molar-refractivity contribution in [2.24, 2.45) is 0 Å². The maximum Gasteiger partial charge on any atom is 0.253 e. The number of aromatic nitrogens is 2. The predicted molar refractivity (Wildman–Crippen MR) is 72.4 cm³/mol. The van der Waals surface area contributed by atoms with Crippen molar-refractivity contribution in [1.82, 2.24) is 9.55 Å². The highest BCUT2D eigenvalue weighted by atomic mass is 16.1. The van der Waals surface area contributed by atoms with E-state index in [9.17, 15) is 4.79 Å². The third-order valence-corrected chi connectivity index (χ3v) is 2.86. The lowest BCUT2D eigenvalue weighted by molar-refractivity contribution is 0.609. The number of hydrogen-bond donors (Lipinski definition) is 1. The molecular weight excluding hydrogens is 226 g/mol. The van der Waals surface area contributed by atoms with Crippen LogP contribution in [-0.2, 0) is 13.0 Å². The molecule has 1 heterocycles. The van der Waals surface area contributed by atoms with Gasteiger partial charge in [0.05, 0.1) is 6.33 Å². The molecule has 0 atom stereocenters. The van der Waals surface area contributed by atoms with E-state index in [1.54, 1.807) is 17.0 Å². The summed E-state index contributed by atoms with van der Waals surface area (Å²) in [5, 5.41) is 0. The highest BCUT2D eigenvalue weighted by Crippen LogP contribution is 2.07. The molecule has 0 radical (unpaired) electrons. The molecule has 0 spiro atoms. The summed E-state index contributed by atoms with van der Waals surface area (Å²) in [6.45, 7) is 2.51. The molecule has 1 aromatic heterocycles. The SMILES string of the molecule is Cc1cc(=O)n(CCCc2ccc(N)cc2)cn1. The van der Waals surface area contributed by atoms with Gasteiger partial charge in [-0.2, -0.15) is 0 Å². The monoisotopic (exact) mass is 243 g/mol. The zero-order chi connectivity index (χ0) is 13.0. The van der Waals surface area contributed by atoms with Gasteiger partial charge in [0.25, 0.3) is 5.56 Å². The van der Waals surface area contributed by atoms with Gasteiger partial charge < -0.3 is 5.73 Å². The van der Waals surface area contributed by atoms with Crippen LogP contribution in [0.3, 0.4) is 0 Å². The summed E-state index contributed by atoms with van der Waals surface area (Å²) in [7, 11) is 0. The number of nitrogens with zero attached hydrogens (tertiary/aromatic N) is 2. The Morgan fingerprint density at radius 3 is 2.67 bits per heavy atom. The molecule has 0 fully saturated rings. The van der Waals surface area contributed by atoms with Crippen LogP contribution in [0.4, 0.5) is 5.69 Å². The average Bonchev–Trinajstić information content (AvgIpc) is 2.34. The van der Waals surface area contributed by atoms with Crippen LogP contribution in [0, 0.1) is 6.92 Å². The molecule has 0 amide bonds. The number of benzene rings is 1. The van der Waals surface area contributed by atoms with Crippen molar-refractivity contribution in [3.8, 4) is 0 Å². The van der Waals surface area contributed by atoms with E-state index in [1.165, 1.54) is 5.56 Å². The molecule has 2 aromatic rings. The topological polar surface area (TPSA) is 60.9 Å². The largest absolute Gasteiger partial charge is 0.399 e. The Labute approximate surface area is 106 Å². The van der Waals surface area contributed by atoms with E-state index in [2.05, 4.69) is 4.98 Å². The Hall–Kier alpha value is -2.10. The van der Waals surface area contributed by atoms with Crippen LogP contribution in [-0.4, -0.2) is 9.55 Å². The quantitative estimate of drug-likeness (QED) is 0.832. The Morgan fingerprint density at radius 1 is 1.28 bits per heavy atom. The molecule has 18 heavy (non-hydrogen) atoms. The summed E-state index contributed by atoms with van der Waals surface area (Å²) >= 11 is 0. The van der Waals surface area contributed by atoms with Crippen LogP contribution in [0.15, 0.2) is 41.5 Å². The molecule has 0 aliphatic rings. The molecule has 2 N–H and O–H groups in total. The molecule has 1 aromatic carbocycles. The van der Waals surface area contributed by atoms with E-state index < -0.39 is 0 Å². The first-order chi connectivity index (χ1) is 8.65. The number of nitrogens with two attached hydrogens (primary N) is 1. The Morgan fingerprint density at radius 2 is 2.00 bits per heavy atom. The second-order valence-electron chi connectivity index (χ2n) is 4.41. The van der Waals surface area contributed by atoms with E-state index >= 15 is 0 Å². The second kappa shape index (κ2) is 5.49. The average molecular weight is 243 g/mol. The minimum atomic E-state index is 0.0137. The highest BCUT2D eigenvalue weighted by Gasteiger charge is 1.98. The zero-order valence-corrected chi connectivity index (χ0v) is 10.5. The van der Waals surface area contributed by atoms with Gasteiger partial charge in [0.2, 0.25) is 0 Å². The van der Waals surface area contributed by atoms with E-state index in [4.69, 9.17) is 5.73 Å². The number of anilines is 1. The molecule has 0 unspecified atom stereocenters. The summed E-state index contributed by atoms with van der Waals surface area (Å²) in [4.78, 5) is 15.8. The zero-order valence-electron chi connectivity index (χ0n) is 10.5. The van der Waals surface area contributed by atoms with Gasteiger partial charge in [-0.3, -0.25) is 9.36 Å². The van der Waals surface area contributed by atoms with E-state index in [-0.39, 0.29) is 5.56 Å². The fourth-order valence-corrected chi connectivity index (χ4v) is 1.82. The summed E-state index contributed by atoms with van der Waals surface area (Å²) in [6.07, 6.45) is 3.45. The van der Waals surface area contributed by atoms with Crippen molar-refractivity contribution in [1.29, 1.82) is 0 Å². The van der Waals surface area contributed by atoms with Crippen LogP contribution in [0.2, 0.25) is 0 Å². The number of nitrogen functional groups attached to an aromatic ring is 1. The van der Waals surface area contributed by atoms with Gasteiger partial charge >= 0.3 is 0 Å². The molecule has 0 aliphatic heterocycles. The molecular formula is C14H17N3O.